The van der Waals surface area contributed by atoms with E-state index in [1.54, 1.807) is 0 Å². The lowest BCUT2D eigenvalue weighted by molar-refractivity contribution is 0.570. The van der Waals surface area contributed by atoms with Crippen molar-refractivity contribution in [1.82, 2.24) is 14.9 Å². The third-order valence-electron chi connectivity index (χ3n) is 3.29. The molecule has 1 N–H and O–H groups in total. The van der Waals surface area contributed by atoms with E-state index in [4.69, 9.17) is 0 Å². The number of aryl methyl sites for hydroxylation is 2. The van der Waals surface area contributed by atoms with E-state index in [1.807, 2.05) is 6.20 Å². The molecule has 0 aliphatic carbocycles. The molecule has 0 aliphatic heterocycles. The van der Waals surface area contributed by atoms with Gasteiger partial charge in [-0.1, -0.05) is 43.2 Å². The van der Waals surface area contributed by atoms with Crippen molar-refractivity contribution >= 4 is 0 Å². The summed E-state index contributed by atoms with van der Waals surface area (Å²) in [7, 11) is 0. The van der Waals surface area contributed by atoms with Gasteiger partial charge in [0.1, 0.15) is 5.82 Å². The third kappa shape index (κ3) is 4.21. The number of hydrogen-bond acceptors (Lipinski definition) is 2. The van der Waals surface area contributed by atoms with Gasteiger partial charge in [0.15, 0.2) is 0 Å². The first-order valence-electron chi connectivity index (χ1n) is 7.06. The van der Waals surface area contributed by atoms with Gasteiger partial charge in [-0.3, -0.25) is 0 Å². The molecule has 0 bridgehead atoms. The number of unbranched alkanes of at least 4 members (excludes halogenated alkanes) is 1. The summed E-state index contributed by atoms with van der Waals surface area (Å²) < 4.78 is 2.24. The smallest absolute Gasteiger partial charge is 0.122 e. The molecule has 0 spiro atoms. The first-order chi connectivity index (χ1) is 9.29. The number of nitrogens with one attached hydrogen (secondary N) is 1. The van der Waals surface area contributed by atoms with Crippen LogP contribution >= 0.6 is 0 Å². The van der Waals surface area contributed by atoms with Crippen molar-refractivity contribution in [3.63, 3.8) is 0 Å². The van der Waals surface area contributed by atoms with Crippen LogP contribution in [0.2, 0.25) is 0 Å². The lowest BCUT2D eigenvalue weighted by Gasteiger charge is -2.08. The van der Waals surface area contributed by atoms with Crippen LogP contribution in [-0.4, -0.2) is 9.55 Å². The quantitative estimate of drug-likeness (QED) is 0.825. The average Bonchev–Trinajstić information content (AvgIpc) is 2.86. The Kier molecular flexibility index (Phi) is 5.16. The van der Waals surface area contributed by atoms with Crippen LogP contribution in [0.15, 0.2) is 36.7 Å². The first kappa shape index (κ1) is 13.8. The van der Waals surface area contributed by atoms with Gasteiger partial charge in [-0.25, -0.2) is 4.98 Å². The van der Waals surface area contributed by atoms with Crippen molar-refractivity contribution in [3.8, 4) is 0 Å². The molecule has 0 atom stereocenters. The fourth-order valence-electron chi connectivity index (χ4n) is 2.06. The van der Waals surface area contributed by atoms with Crippen molar-refractivity contribution in [2.45, 2.75) is 46.3 Å². The Hall–Kier alpha value is -1.61. The predicted molar refractivity (Wildman–Crippen MR) is 78.9 cm³/mol. The molecular formula is C16H23N3. The minimum Gasteiger partial charge on any atom is -0.334 e. The molecule has 102 valence electrons. The molecule has 1 aromatic carbocycles. The fraction of sp³-hybridized carbons (Fsp3) is 0.438. The van der Waals surface area contributed by atoms with Gasteiger partial charge in [-0.15, -0.1) is 0 Å². The molecular weight excluding hydrogens is 234 g/mol. The van der Waals surface area contributed by atoms with Crippen LogP contribution in [0.1, 0.15) is 36.7 Å². The minimum absolute atomic E-state index is 0.824. The summed E-state index contributed by atoms with van der Waals surface area (Å²) in [6.45, 7) is 7.11. The zero-order valence-corrected chi connectivity index (χ0v) is 11.9. The second-order valence-electron chi connectivity index (χ2n) is 4.98. The van der Waals surface area contributed by atoms with E-state index in [2.05, 4.69) is 59.2 Å². The van der Waals surface area contributed by atoms with Crippen molar-refractivity contribution in [2.75, 3.05) is 0 Å². The van der Waals surface area contributed by atoms with Gasteiger partial charge in [0.2, 0.25) is 0 Å². The lowest BCUT2D eigenvalue weighted by atomic mass is 10.1. The standard InChI is InChI=1S/C16H23N3/c1-3-4-10-19-11-9-18-16(19)13-17-12-15-7-5-14(2)6-8-15/h5-9,11,17H,3-4,10,12-13H2,1-2H3. The van der Waals surface area contributed by atoms with Gasteiger partial charge >= 0.3 is 0 Å². The minimum atomic E-state index is 0.824. The highest BCUT2D eigenvalue weighted by Crippen LogP contribution is 2.04. The van der Waals surface area contributed by atoms with Crippen molar-refractivity contribution in [2.24, 2.45) is 0 Å². The maximum absolute atomic E-state index is 4.41. The Morgan fingerprint density at radius 1 is 1.16 bits per heavy atom. The third-order valence-corrected chi connectivity index (χ3v) is 3.29. The topological polar surface area (TPSA) is 29.9 Å². The normalized spacial score (nSPS) is 10.8. The van der Waals surface area contributed by atoms with Crippen molar-refractivity contribution < 1.29 is 0 Å². The molecule has 0 aliphatic rings. The molecule has 0 saturated carbocycles. The van der Waals surface area contributed by atoms with E-state index in [-0.39, 0.29) is 0 Å². The maximum atomic E-state index is 4.41. The van der Waals surface area contributed by atoms with E-state index in [9.17, 15) is 0 Å². The van der Waals surface area contributed by atoms with E-state index in [0.29, 0.717) is 0 Å². The van der Waals surface area contributed by atoms with Crippen LogP contribution in [0.5, 0.6) is 0 Å². The Morgan fingerprint density at radius 2 is 1.95 bits per heavy atom. The highest BCUT2D eigenvalue weighted by molar-refractivity contribution is 5.21. The summed E-state index contributed by atoms with van der Waals surface area (Å²) in [4.78, 5) is 4.41. The number of benzene rings is 1. The van der Waals surface area contributed by atoms with Crippen molar-refractivity contribution in [3.05, 3.63) is 53.6 Å². The van der Waals surface area contributed by atoms with Crippen LogP contribution in [-0.2, 0) is 19.6 Å². The number of hydrogen-bond donors (Lipinski definition) is 1. The van der Waals surface area contributed by atoms with Crippen LogP contribution in [0.3, 0.4) is 0 Å². The monoisotopic (exact) mass is 257 g/mol. The Balaban J connectivity index is 1.82. The second-order valence-corrected chi connectivity index (χ2v) is 4.98. The Morgan fingerprint density at radius 3 is 2.68 bits per heavy atom. The molecule has 3 heteroatoms. The number of nitrogens with zero attached hydrogens (tertiary/aromatic N) is 2. The van der Waals surface area contributed by atoms with Crippen LogP contribution in [0.25, 0.3) is 0 Å². The molecule has 1 aromatic heterocycles. The number of aromatic nitrogens is 2. The van der Waals surface area contributed by atoms with E-state index >= 15 is 0 Å². The summed E-state index contributed by atoms with van der Waals surface area (Å²) in [5.74, 6) is 1.13. The zero-order valence-electron chi connectivity index (χ0n) is 11.9. The lowest BCUT2D eigenvalue weighted by Crippen LogP contribution is -2.16. The predicted octanol–water partition coefficient (Wildman–Crippen LogP) is 3.28. The molecule has 2 rings (SSSR count). The fourth-order valence-corrected chi connectivity index (χ4v) is 2.06. The van der Waals surface area contributed by atoms with E-state index in [0.717, 1.165) is 25.5 Å². The van der Waals surface area contributed by atoms with E-state index < -0.39 is 0 Å². The highest BCUT2D eigenvalue weighted by Gasteiger charge is 2.01. The molecule has 0 amide bonds. The zero-order chi connectivity index (χ0) is 13.5. The summed E-state index contributed by atoms with van der Waals surface area (Å²) in [5.41, 5.74) is 2.62. The summed E-state index contributed by atoms with van der Waals surface area (Å²) >= 11 is 0. The molecule has 1 heterocycles. The molecule has 19 heavy (non-hydrogen) atoms. The summed E-state index contributed by atoms with van der Waals surface area (Å²) in [5, 5.41) is 3.46. The number of rotatable bonds is 7. The van der Waals surface area contributed by atoms with Gasteiger partial charge in [0, 0.05) is 25.5 Å². The van der Waals surface area contributed by atoms with E-state index in [1.165, 1.54) is 24.0 Å². The SMILES string of the molecule is CCCCn1ccnc1CNCc1ccc(C)cc1. The Labute approximate surface area is 115 Å². The Bertz CT molecular complexity index is 485. The maximum Gasteiger partial charge on any atom is 0.122 e. The molecule has 0 radical (unpaired) electrons. The molecule has 3 nitrogen and oxygen atoms in total. The summed E-state index contributed by atoms with van der Waals surface area (Å²) in [6.07, 6.45) is 6.38. The molecule has 0 saturated heterocycles. The van der Waals surface area contributed by atoms with Crippen LogP contribution in [0.4, 0.5) is 0 Å². The molecule has 0 unspecified atom stereocenters. The van der Waals surface area contributed by atoms with Crippen LogP contribution in [0, 0.1) is 6.92 Å². The average molecular weight is 257 g/mol. The van der Waals surface area contributed by atoms with Gasteiger partial charge < -0.3 is 9.88 Å². The van der Waals surface area contributed by atoms with Crippen LogP contribution < -0.4 is 5.32 Å². The van der Waals surface area contributed by atoms with Gasteiger partial charge in [-0.2, -0.15) is 0 Å². The first-order valence-corrected chi connectivity index (χ1v) is 7.06. The number of imidazole rings is 1. The molecule has 0 fully saturated rings. The van der Waals surface area contributed by atoms with Gasteiger partial charge in [-0.05, 0) is 18.9 Å². The second kappa shape index (κ2) is 7.10. The van der Waals surface area contributed by atoms with Gasteiger partial charge in [0.25, 0.3) is 0 Å². The van der Waals surface area contributed by atoms with Gasteiger partial charge in [0.05, 0.1) is 6.54 Å². The van der Waals surface area contributed by atoms with Crippen molar-refractivity contribution in [1.29, 1.82) is 0 Å². The highest BCUT2D eigenvalue weighted by atomic mass is 15.1. The largest absolute Gasteiger partial charge is 0.334 e. The summed E-state index contributed by atoms with van der Waals surface area (Å²) in [6, 6.07) is 8.65. The molecule has 2 aromatic rings.